The number of ether oxygens (including phenoxy) is 3. The van der Waals surface area contributed by atoms with E-state index in [4.69, 9.17) is 19.2 Å². The Balaban J connectivity index is 0.945. The molecule has 5 aliphatic rings. The molecule has 1 saturated carbocycles. The van der Waals surface area contributed by atoms with Crippen LogP contribution in [0.1, 0.15) is 66.1 Å². The number of likely N-dealkylation sites (tertiary alicyclic amines) is 1. The first-order valence-electron chi connectivity index (χ1n) is 20.6. The number of carboxylic acids is 1. The van der Waals surface area contributed by atoms with Gasteiger partial charge >= 0.3 is 5.97 Å². The third kappa shape index (κ3) is 7.17. The summed E-state index contributed by atoms with van der Waals surface area (Å²) in [5.74, 6) is -0.350. The number of hydrogen-bond donors (Lipinski definition) is 1. The van der Waals surface area contributed by atoms with Crippen molar-refractivity contribution in [3.05, 3.63) is 77.5 Å². The lowest BCUT2D eigenvalue weighted by Gasteiger charge is -2.56. The van der Waals surface area contributed by atoms with E-state index in [0.717, 1.165) is 48.1 Å². The first-order chi connectivity index (χ1) is 26.5. The van der Waals surface area contributed by atoms with Gasteiger partial charge in [-0.2, -0.15) is 4.98 Å². The molecule has 0 amide bonds. The normalized spacial score (nSPS) is 24.1. The highest BCUT2D eigenvalue weighted by atomic mass is 28.3. The van der Waals surface area contributed by atoms with Gasteiger partial charge in [0.15, 0.2) is 0 Å². The fourth-order valence-electron chi connectivity index (χ4n) is 10.1. The number of benzene rings is 2. The van der Waals surface area contributed by atoms with Crippen LogP contribution in [-0.2, 0) is 16.2 Å². The van der Waals surface area contributed by atoms with E-state index < -0.39 is 14.0 Å². The zero-order chi connectivity index (χ0) is 37.9. The van der Waals surface area contributed by atoms with Gasteiger partial charge in [0.1, 0.15) is 24.2 Å². The van der Waals surface area contributed by atoms with Crippen LogP contribution in [0.2, 0.25) is 25.7 Å². The quantitative estimate of drug-likeness (QED) is 0.126. The van der Waals surface area contributed by atoms with Crippen molar-refractivity contribution >= 4 is 42.1 Å². The van der Waals surface area contributed by atoms with Crippen LogP contribution in [0, 0.1) is 18.3 Å². The minimum atomic E-state index is -1.20. The van der Waals surface area contributed by atoms with Gasteiger partial charge in [-0.05, 0) is 105 Å². The number of hydrogen-bond acceptors (Lipinski definition) is 8. The molecule has 9 rings (SSSR count). The van der Waals surface area contributed by atoms with Gasteiger partial charge < -0.3 is 33.7 Å². The number of aryl methyl sites for hydroxylation is 1. The van der Waals surface area contributed by atoms with Gasteiger partial charge in [0.05, 0.1) is 24.5 Å². The molecule has 0 radical (unpaired) electrons. The Hall–Kier alpha value is -3.90. The van der Waals surface area contributed by atoms with Crippen molar-refractivity contribution in [2.75, 3.05) is 55.8 Å². The van der Waals surface area contributed by atoms with Crippen LogP contribution in [-0.4, -0.2) is 91.7 Å². The molecule has 1 aliphatic carbocycles. The minimum absolute atomic E-state index is 0.0771. The molecule has 1 N–H and O–H groups in total. The van der Waals surface area contributed by atoms with E-state index in [1.54, 1.807) is 6.07 Å². The lowest BCUT2D eigenvalue weighted by molar-refractivity contribution is -0.0227. The average molecular weight is 764 g/mol. The molecule has 4 aliphatic heterocycles. The van der Waals surface area contributed by atoms with E-state index in [9.17, 15) is 9.90 Å². The number of aromatic nitrogens is 2. The number of aromatic carboxylic acids is 1. The molecule has 1 spiro atoms. The van der Waals surface area contributed by atoms with Crippen LogP contribution in [0.5, 0.6) is 5.88 Å². The molecule has 4 fully saturated rings. The van der Waals surface area contributed by atoms with Gasteiger partial charge in [0, 0.05) is 69.6 Å². The van der Waals surface area contributed by atoms with Crippen LogP contribution in [0.25, 0.3) is 11.0 Å². The highest BCUT2D eigenvalue weighted by Crippen LogP contribution is 2.54. The van der Waals surface area contributed by atoms with Crippen molar-refractivity contribution in [1.82, 2.24) is 14.5 Å². The highest BCUT2D eigenvalue weighted by molar-refractivity contribution is 6.76. The van der Waals surface area contributed by atoms with Gasteiger partial charge in [0.2, 0.25) is 5.88 Å². The third-order valence-electron chi connectivity index (χ3n) is 13.4. The Kier molecular flexibility index (Phi) is 9.71. The zero-order valence-electron chi connectivity index (χ0n) is 33.0. The third-order valence-corrected chi connectivity index (χ3v) is 15.1. The number of pyridine rings is 1. The molecule has 3 atom stereocenters. The Bertz CT molecular complexity index is 2050. The monoisotopic (exact) mass is 763 g/mol. The van der Waals surface area contributed by atoms with Gasteiger partial charge in [-0.15, -0.1) is 0 Å². The predicted molar refractivity (Wildman–Crippen MR) is 220 cm³/mol. The second kappa shape index (κ2) is 14.6. The standard InChI is InChI=1S/C44H57N5O5Si/c1-30-8-5-6-9-35(30)37-10-7-16-48(37)34-24-44(25-34)14-18-46(19-15-44)33-11-12-36(43(50)51)38(23-33)49-26-32-27-53-28-40(32)54-42-39(49)22-31-13-17-47(41(31)45-42)29-52-20-21-55(2,3)4/h5-6,8-9,11-13,17,22-23,32,34,37,40H,7,10,14-16,18-21,24-29H2,1-4H3,(H,50,51)/t32-,37-,40-/m0/s1. The van der Waals surface area contributed by atoms with Crippen molar-refractivity contribution in [2.24, 2.45) is 11.3 Å². The summed E-state index contributed by atoms with van der Waals surface area (Å²) in [5, 5.41) is 11.5. The van der Waals surface area contributed by atoms with Gasteiger partial charge in [0.25, 0.3) is 0 Å². The van der Waals surface area contributed by atoms with E-state index in [2.05, 4.69) is 83.7 Å². The molecule has 0 bridgehead atoms. The topological polar surface area (TPSA) is 92.5 Å². The van der Waals surface area contributed by atoms with Gasteiger partial charge in [-0.3, -0.25) is 4.90 Å². The van der Waals surface area contributed by atoms with E-state index in [1.807, 2.05) is 16.8 Å². The van der Waals surface area contributed by atoms with Crippen LogP contribution in [0.15, 0.2) is 60.8 Å². The Morgan fingerprint density at radius 2 is 1.84 bits per heavy atom. The number of rotatable bonds is 10. The van der Waals surface area contributed by atoms with Gasteiger partial charge in [-0.25, -0.2) is 4.79 Å². The Morgan fingerprint density at radius 1 is 1.02 bits per heavy atom. The van der Waals surface area contributed by atoms with Gasteiger partial charge in [-0.1, -0.05) is 43.9 Å². The van der Waals surface area contributed by atoms with E-state index in [-0.39, 0.29) is 17.6 Å². The van der Waals surface area contributed by atoms with Crippen LogP contribution >= 0.6 is 0 Å². The summed E-state index contributed by atoms with van der Waals surface area (Å²) in [6.45, 7) is 15.3. The molecular weight excluding hydrogens is 707 g/mol. The largest absolute Gasteiger partial charge is 0.478 e. The van der Waals surface area contributed by atoms with Crippen molar-refractivity contribution in [1.29, 1.82) is 0 Å². The number of nitrogens with zero attached hydrogens (tertiary/aromatic N) is 5. The number of fused-ring (bicyclic) bond motifs is 3. The molecule has 11 heteroatoms. The number of piperidine rings is 1. The molecule has 0 unspecified atom stereocenters. The Morgan fingerprint density at radius 3 is 2.62 bits per heavy atom. The summed E-state index contributed by atoms with van der Waals surface area (Å²) in [6.07, 6.45) is 9.33. The molecule has 2 aromatic heterocycles. The minimum Gasteiger partial charge on any atom is -0.478 e. The van der Waals surface area contributed by atoms with E-state index in [0.29, 0.717) is 55.6 Å². The van der Waals surface area contributed by atoms with Crippen LogP contribution < -0.4 is 14.5 Å². The maximum absolute atomic E-state index is 12.9. The number of anilines is 3. The highest BCUT2D eigenvalue weighted by Gasteiger charge is 2.50. The second-order valence-electron chi connectivity index (χ2n) is 18.2. The first-order valence-corrected chi connectivity index (χ1v) is 24.3. The molecule has 6 heterocycles. The summed E-state index contributed by atoms with van der Waals surface area (Å²) in [4.78, 5) is 25.4. The molecule has 2 aromatic carbocycles. The average Bonchev–Trinajstić information content (AvgIpc) is 3.89. The number of carboxylic acid groups (broad SMARTS) is 1. The maximum atomic E-state index is 12.9. The zero-order valence-corrected chi connectivity index (χ0v) is 34.0. The molecule has 292 valence electrons. The predicted octanol–water partition coefficient (Wildman–Crippen LogP) is 8.49. The van der Waals surface area contributed by atoms with Crippen molar-refractivity contribution in [3.63, 3.8) is 0 Å². The lowest BCUT2D eigenvalue weighted by Crippen LogP contribution is -2.54. The van der Waals surface area contributed by atoms with Crippen LogP contribution in [0.3, 0.4) is 0 Å². The lowest BCUT2D eigenvalue weighted by atomic mass is 9.59. The van der Waals surface area contributed by atoms with Crippen molar-refractivity contribution < 1.29 is 24.1 Å². The molecule has 4 aromatic rings. The fourth-order valence-corrected chi connectivity index (χ4v) is 10.8. The molecule has 55 heavy (non-hydrogen) atoms. The first kappa shape index (κ1) is 36.7. The maximum Gasteiger partial charge on any atom is 0.337 e. The molecule has 10 nitrogen and oxygen atoms in total. The fraction of sp³-hybridized carbons (Fsp3) is 0.545. The summed E-state index contributed by atoms with van der Waals surface area (Å²) in [6, 6.07) is 21.4. The molecular formula is C44H57N5O5Si. The van der Waals surface area contributed by atoms with E-state index >= 15 is 0 Å². The Labute approximate surface area is 326 Å². The summed E-state index contributed by atoms with van der Waals surface area (Å²) >= 11 is 0. The smallest absolute Gasteiger partial charge is 0.337 e. The SMILES string of the molecule is Cc1ccccc1[C@@H]1CCCN1C1CC2(CCN(c3ccc(C(=O)O)c(N4C[C@H]5COC[C@@H]5Oc5nc6c(ccn6COCC[Si](C)(C)C)cc54)c3)CC2)C1. The van der Waals surface area contributed by atoms with E-state index in [1.165, 1.54) is 56.2 Å². The summed E-state index contributed by atoms with van der Waals surface area (Å²) in [5.41, 5.74) is 6.97. The summed E-state index contributed by atoms with van der Waals surface area (Å²) in [7, 11) is -1.20. The summed E-state index contributed by atoms with van der Waals surface area (Å²) < 4.78 is 20.7. The van der Waals surface area contributed by atoms with Crippen molar-refractivity contribution in [3.8, 4) is 5.88 Å². The van der Waals surface area contributed by atoms with Crippen LogP contribution in [0.4, 0.5) is 17.1 Å². The molecule has 3 saturated heterocycles. The second-order valence-corrected chi connectivity index (χ2v) is 23.9. The number of carbonyl (C=O) groups is 1. The van der Waals surface area contributed by atoms with Crippen molar-refractivity contribution in [2.45, 2.75) is 96.1 Å².